The van der Waals surface area contributed by atoms with Crippen molar-refractivity contribution in [2.24, 2.45) is 0 Å². The summed E-state index contributed by atoms with van der Waals surface area (Å²) in [6.07, 6.45) is -0.746. The first-order valence-corrected chi connectivity index (χ1v) is 8.49. The maximum Gasteiger partial charge on any atom is 0.247 e. The number of anilines is 1. The number of para-hydroxylation sites is 3. The van der Waals surface area contributed by atoms with Gasteiger partial charge >= 0.3 is 0 Å². The number of aliphatic hydroxyl groups is 1. The summed E-state index contributed by atoms with van der Waals surface area (Å²) in [7, 11) is 0. The molecule has 5 heteroatoms. The van der Waals surface area contributed by atoms with E-state index in [1.54, 1.807) is 16.4 Å². The molecule has 0 fully saturated rings. The second-order valence-corrected chi connectivity index (χ2v) is 6.41. The third kappa shape index (κ3) is 3.42. The second kappa shape index (κ2) is 7.07. The average molecular weight is 337 g/mol. The van der Waals surface area contributed by atoms with Crippen molar-refractivity contribution < 1.29 is 9.90 Å². The minimum absolute atomic E-state index is 0.0275. The van der Waals surface area contributed by atoms with Crippen molar-refractivity contribution in [1.82, 2.24) is 9.55 Å². The Hall–Kier alpha value is -2.66. The van der Waals surface area contributed by atoms with Gasteiger partial charge in [0.25, 0.3) is 0 Å². The number of aromatic nitrogens is 2. The molecule has 0 radical (unpaired) electrons. The first-order valence-electron chi connectivity index (χ1n) is 8.49. The van der Waals surface area contributed by atoms with E-state index in [9.17, 15) is 9.90 Å². The molecule has 25 heavy (non-hydrogen) atoms. The third-order valence-corrected chi connectivity index (χ3v) is 4.17. The standard InChI is InChI=1S/C20H23N3O2/c1-14(2)23(16-9-5-4-6-10-16)19(25)13-22-18-12-8-7-11-17(18)21-20(22)15(3)24/h4-12,14-15,24H,13H2,1-3H3/t15-/m0/s1. The Morgan fingerprint density at radius 3 is 2.36 bits per heavy atom. The molecule has 1 N–H and O–H groups in total. The fourth-order valence-electron chi connectivity index (χ4n) is 3.11. The third-order valence-electron chi connectivity index (χ3n) is 4.17. The molecule has 0 saturated heterocycles. The van der Waals surface area contributed by atoms with Crippen molar-refractivity contribution in [2.45, 2.75) is 39.5 Å². The normalized spacial score (nSPS) is 12.5. The predicted molar refractivity (Wildman–Crippen MR) is 99.4 cm³/mol. The number of carbonyl (C=O) groups excluding carboxylic acids is 1. The fourth-order valence-corrected chi connectivity index (χ4v) is 3.11. The summed E-state index contributed by atoms with van der Waals surface area (Å²) < 4.78 is 1.81. The van der Waals surface area contributed by atoms with Crippen LogP contribution in [0.15, 0.2) is 54.6 Å². The van der Waals surface area contributed by atoms with Gasteiger partial charge in [-0.25, -0.2) is 4.98 Å². The molecule has 1 aromatic heterocycles. The van der Waals surface area contributed by atoms with Crippen molar-refractivity contribution in [3.63, 3.8) is 0 Å². The SMILES string of the molecule is CC(C)N(C(=O)Cn1c([C@H](C)O)nc2ccccc21)c1ccccc1. The van der Waals surface area contributed by atoms with Gasteiger partial charge in [0.05, 0.1) is 11.0 Å². The molecule has 3 rings (SSSR count). The molecular formula is C20H23N3O2. The summed E-state index contributed by atoms with van der Waals surface area (Å²) in [5.74, 6) is 0.470. The number of nitrogens with zero attached hydrogens (tertiary/aromatic N) is 3. The highest BCUT2D eigenvalue weighted by Crippen LogP contribution is 2.23. The lowest BCUT2D eigenvalue weighted by Crippen LogP contribution is -2.39. The highest BCUT2D eigenvalue weighted by molar-refractivity contribution is 5.94. The highest BCUT2D eigenvalue weighted by Gasteiger charge is 2.22. The Morgan fingerprint density at radius 1 is 1.08 bits per heavy atom. The number of fused-ring (bicyclic) bond motifs is 1. The van der Waals surface area contributed by atoms with Crippen LogP contribution in [0.2, 0.25) is 0 Å². The average Bonchev–Trinajstić information content (AvgIpc) is 2.95. The highest BCUT2D eigenvalue weighted by atomic mass is 16.3. The van der Waals surface area contributed by atoms with E-state index in [-0.39, 0.29) is 18.5 Å². The molecule has 0 unspecified atom stereocenters. The molecule has 1 amide bonds. The number of amides is 1. The van der Waals surface area contributed by atoms with E-state index in [1.165, 1.54) is 0 Å². The van der Waals surface area contributed by atoms with E-state index in [0.29, 0.717) is 5.82 Å². The summed E-state index contributed by atoms with van der Waals surface area (Å²) in [4.78, 5) is 19.3. The Kier molecular flexibility index (Phi) is 4.86. The van der Waals surface area contributed by atoms with E-state index >= 15 is 0 Å². The maximum atomic E-state index is 13.1. The number of hydrogen-bond donors (Lipinski definition) is 1. The molecule has 5 nitrogen and oxygen atoms in total. The minimum Gasteiger partial charge on any atom is -0.385 e. The Bertz CT molecular complexity index is 869. The van der Waals surface area contributed by atoms with Crippen LogP contribution in [-0.2, 0) is 11.3 Å². The lowest BCUT2D eigenvalue weighted by atomic mass is 10.2. The number of aliphatic hydroxyl groups excluding tert-OH is 1. The van der Waals surface area contributed by atoms with Crippen LogP contribution in [0.1, 0.15) is 32.7 Å². The number of imidazole rings is 1. The number of rotatable bonds is 5. The summed E-state index contributed by atoms with van der Waals surface area (Å²) in [5.41, 5.74) is 2.50. The van der Waals surface area contributed by atoms with Gasteiger partial charge < -0.3 is 14.6 Å². The molecule has 0 aliphatic heterocycles. The lowest BCUT2D eigenvalue weighted by molar-refractivity contribution is -0.119. The van der Waals surface area contributed by atoms with Gasteiger partial charge in [-0.05, 0) is 45.0 Å². The van der Waals surface area contributed by atoms with Gasteiger partial charge in [-0.1, -0.05) is 30.3 Å². The first-order chi connectivity index (χ1) is 12.0. The zero-order valence-electron chi connectivity index (χ0n) is 14.8. The summed E-state index contributed by atoms with van der Waals surface area (Å²) >= 11 is 0. The van der Waals surface area contributed by atoms with Gasteiger partial charge in [0.15, 0.2) is 0 Å². The summed E-state index contributed by atoms with van der Waals surface area (Å²) in [6, 6.07) is 17.3. The molecule has 1 atom stereocenters. The van der Waals surface area contributed by atoms with Gasteiger partial charge in [0.1, 0.15) is 18.5 Å². The number of hydrogen-bond acceptors (Lipinski definition) is 3. The molecule has 0 spiro atoms. The fraction of sp³-hybridized carbons (Fsp3) is 0.300. The Balaban J connectivity index is 1.99. The molecule has 0 aliphatic carbocycles. The van der Waals surface area contributed by atoms with Gasteiger partial charge in [0, 0.05) is 11.7 Å². The van der Waals surface area contributed by atoms with Gasteiger partial charge in [-0.2, -0.15) is 0 Å². The van der Waals surface area contributed by atoms with Crippen LogP contribution in [0.25, 0.3) is 11.0 Å². The van der Waals surface area contributed by atoms with E-state index in [0.717, 1.165) is 16.7 Å². The van der Waals surface area contributed by atoms with Crippen LogP contribution in [0.3, 0.4) is 0 Å². The first kappa shape index (κ1) is 17.2. The molecule has 0 aliphatic rings. The van der Waals surface area contributed by atoms with Crippen LogP contribution in [0.4, 0.5) is 5.69 Å². The van der Waals surface area contributed by atoms with E-state index in [1.807, 2.05) is 68.4 Å². The Morgan fingerprint density at radius 2 is 1.72 bits per heavy atom. The number of carbonyl (C=O) groups is 1. The summed E-state index contributed by atoms with van der Waals surface area (Å²) in [5, 5.41) is 10.1. The van der Waals surface area contributed by atoms with Crippen molar-refractivity contribution in [2.75, 3.05) is 4.90 Å². The molecular weight excluding hydrogens is 314 g/mol. The molecule has 2 aromatic carbocycles. The smallest absolute Gasteiger partial charge is 0.247 e. The van der Waals surface area contributed by atoms with Crippen molar-refractivity contribution in [1.29, 1.82) is 0 Å². The van der Waals surface area contributed by atoms with Crippen LogP contribution in [-0.4, -0.2) is 26.6 Å². The minimum atomic E-state index is -0.746. The van der Waals surface area contributed by atoms with Crippen molar-refractivity contribution in [3.05, 3.63) is 60.4 Å². The molecule has 3 aromatic rings. The zero-order chi connectivity index (χ0) is 18.0. The van der Waals surface area contributed by atoms with E-state index in [4.69, 9.17) is 0 Å². The molecule has 0 saturated carbocycles. The van der Waals surface area contributed by atoms with Gasteiger partial charge in [-0.15, -0.1) is 0 Å². The second-order valence-electron chi connectivity index (χ2n) is 6.41. The zero-order valence-corrected chi connectivity index (χ0v) is 14.8. The summed E-state index contributed by atoms with van der Waals surface area (Å²) in [6.45, 7) is 5.78. The Labute approximate surface area is 147 Å². The quantitative estimate of drug-likeness (QED) is 0.775. The topological polar surface area (TPSA) is 58.4 Å². The van der Waals surface area contributed by atoms with Crippen LogP contribution in [0, 0.1) is 0 Å². The van der Waals surface area contributed by atoms with Gasteiger partial charge in [0.2, 0.25) is 5.91 Å². The lowest BCUT2D eigenvalue weighted by Gasteiger charge is -2.27. The van der Waals surface area contributed by atoms with Crippen LogP contribution in [0.5, 0.6) is 0 Å². The maximum absolute atomic E-state index is 13.1. The van der Waals surface area contributed by atoms with Crippen LogP contribution >= 0.6 is 0 Å². The van der Waals surface area contributed by atoms with Crippen molar-refractivity contribution in [3.8, 4) is 0 Å². The monoisotopic (exact) mass is 337 g/mol. The molecule has 130 valence electrons. The molecule has 1 heterocycles. The molecule has 0 bridgehead atoms. The van der Waals surface area contributed by atoms with E-state index < -0.39 is 6.10 Å². The largest absolute Gasteiger partial charge is 0.385 e. The van der Waals surface area contributed by atoms with Crippen LogP contribution < -0.4 is 4.90 Å². The van der Waals surface area contributed by atoms with Gasteiger partial charge in [-0.3, -0.25) is 4.79 Å². The predicted octanol–water partition coefficient (Wildman–Crippen LogP) is 3.53. The number of benzene rings is 2. The van der Waals surface area contributed by atoms with E-state index in [2.05, 4.69) is 4.98 Å². The van der Waals surface area contributed by atoms with Crippen molar-refractivity contribution >= 4 is 22.6 Å².